The summed E-state index contributed by atoms with van der Waals surface area (Å²) in [7, 11) is 0. The molecule has 0 heterocycles. The van der Waals surface area contributed by atoms with Crippen molar-refractivity contribution < 1.29 is 14.6 Å². The maximum absolute atomic E-state index is 10.4. The van der Waals surface area contributed by atoms with Crippen molar-refractivity contribution in [2.75, 3.05) is 6.61 Å². The lowest BCUT2D eigenvalue weighted by Crippen LogP contribution is -1.97. The van der Waals surface area contributed by atoms with Crippen LogP contribution in [-0.4, -0.2) is 23.8 Å². The Morgan fingerprint density at radius 3 is 2.80 bits per heavy atom. The third-order valence-corrected chi connectivity index (χ3v) is 2.23. The highest BCUT2D eigenvalue weighted by Crippen LogP contribution is 2.00. The molecule has 0 aromatic carbocycles. The molecule has 0 saturated heterocycles. The Hall–Kier alpha value is -1.97. The standard InChI is InChI=1S/C17H22O3/c1-3-4-5-7-10-13-17(19)14-11-8-6-9-12-15-20-16(2)18/h9-10,12-13,17,19H,3-5,7,15H2,1-2H3/b12-9-,13-10-/t17-/m0/s1. The Kier molecular flexibility index (Phi) is 12.1. The summed E-state index contributed by atoms with van der Waals surface area (Å²) in [5, 5.41) is 9.50. The van der Waals surface area contributed by atoms with Gasteiger partial charge in [0.1, 0.15) is 12.7 Å². The lowest BCUT2D eigenvalue weighted by molar-refractivity contribution is -0.139. The van der Waals surface area contributed by atoms with Gasteiger partial charge in [0, 0.05) is 6.92 Å². The number of aliphatic hydroxyl groups is 1. The molecular weight excluding hydrogens is 252 g/mol. The van der Waals surface area contributed by atoms with Gasteiger partial charge in [0.25, 0.3) is 0 Å². The fourth-order valence-electron chi connectivity index (χ4n) is 1.25. The number of aliphatic hydroxyl groups excluding tert-OH is 1. The average molecular weight is 274 g/mol. The lowest BCUT2D eigenvalue weighted by atomic mass is 10.2. The van der Waals surface area contributed by atoms with Crippen molar-refractivity contribution in [3.63, 3.8) is 0 Å². The van der Waals surface area contributed by atoms with Crippen LogP contribution in [0.3, 0.4) is 0 Å². The van der Waals surface area contributed by atoms with Gasteiger partial charge in [0.05, 0.1) is 0 Å². The van der Waals surface area contributed by atoms with Gasteiger partial charge in [-0.25, -0.2) is 0 Å². The number of unbranched alkanes of at least 4 members (excludes halogenated alkanes) is 3. The fraction of sp³-hybridized carbons (Fsp3) is 0.471. The smallest absolute Gasteiger partial charge is 0.302 e. The average Bonchev–Trinajstić information content (AvgIpc) is 2.41. The third-order valence-electron chi connectivity index (χ3n) is 2.23. The van der Waals surface area contributed by atoms with Crippen LogP contribution in [0.25, 0.3) is 0 Å². The second kappa shape index (κ2) is 13.5. The molecule has 0 radical (unpaired) electrons. The van der Waals surface area contributed by atoms with Crippen LogP contribution in [0.4, 0.5) is 0 Å². The Bertz CT molecular complexity index is 438. The number of hydrogen-bond donors (Lipinski definition) is 1. The first kappa shape index (κ1) is 18.0. The van der Waals surface area contributed by atoms with Crippen LogP contribution in [0, 0.1) is 23.7 Å². The number of carbonyl (C=O) groups excluding carboxylic acids is 1. The Morgan fingerprint density at radius 2 is 2.10 bits per heavy atom. The Morgan fingerprint density at radius 1 is 1.30 bits per heavy atom. The first-order chi connectivity index (χ1) is 9.66. The predicted molar refractivity (Wildman–Crippen MR) is 80.6 cm³/mol. The van der Waals surface area contributed by atoms with Crippen LogP contribution >= 0.6 is 0 Å². The Labute approximate surface area is 121 Å². The van der Waals surface area contributed by atoms with E-state index in [9.17, 15) is 9.90 Å². The van der Waals surface area contributed by atoms with Gasteiger partial charge in [-0.2, -0.15) is 0 Å². The van der Waals surface area contributed by atoms with Crippen LogP contribution in [0.2, 0.25) is 0 Å². The van der Waals surface area contributed by atoms with Crippen molar-refractivity contribution in [3.8, 4) is 23.7 Å². The van der Waals surface area contributed by atoms with Crippen molar-refractivity contribution in [2.24, 2.45) is 0 Å². The van der Waals surface area contributed by atoms with E-state index in [-0.39, 0.29) is 12.6 Å². The van der Waals surface area contributed by atoms with Crippen LogP contribution < -0.4 is 0 Å². The Balaban J connectivity index is 3.87. The lowest BCUT2D eigenvalue weighted by Gasteiger charge is -1.94. The van der Waals surface area contributed by atoms with Crippen LogP contribution in [0.5, 0.6) is 0 Å². The zero-order valence-electron chi connectivity index (χ0n) is 12.2. The largest absolute Gasteiger partial charge is 0.462 e. The van der Waals surface area contributed by atoms with Crippen molar-refractivity contribution in [1.29, 1.82) is 0 Å². The molecule has 0 fully saturated rings. The molecule has 0 bridgehead atoms. The maximum atomic E-state index is 10.4. The molecule has 0 spiro atoms. The molecular formula is C17H22O3. The zero-order valence-corrected chi connectivity index (χ0v) is 12.2. The van der Waals surface area contributed by atoms with Crippen LogP contribution in [0.15, 0.2) is 24.3 Å². The van der Waals surface area contributed by atoms with Gasteiger partial charge in [-0.1, -0.05) is 37.7 Å². The summed E-state index contributed by atoms with van der Waals surface area (Å²) >= 11 is 0. The van der Waals surface area contributed by atoms with E-state index < -0.39 is 6.10 Å². The van der Waals surface area contributed by atoms with Crippen molar-refractivity contribution in [3.05, 3.63) is 24.3 Å². The van der Waals surface area contributed by atoms with Gasteiger partial charge in [-0.05, 0) is 42.9 Å². The minimum absolute atomic E-state index is 0.209. The monoisotopic (exact) mass is 274 g/mol. The van der Waals surface area contributed by atoms with E-state index in [1.54, 1.807) is 18.2 Å². The summed E-state index contributed by atoms with van der Waals surface area (Å²) in [5.41, 5.74) is 0. The molecule has 1 N–H and O–H groups in total. The molecule has 0 rings (SSSR count). The number of carbonyl (C=O) groups is 1. The van der Waals surface area contributed by atoms with E-state index >= 15 is 0 Å². The molecule has 0 aromatic heterocycles. The van der Waals surface area contributed by atoms with Crippen molar-refractivity contribution >= 4 is 5.97 Å². The van der Waals surface area contributed by atoms with Gasteiger partial charge in [0.15, 0.2) is 0 Å². The fourth-order valence-corrected chi connectivity index (χ4v) is 1.25. The molecule has 20 heavy (non-hydrogen) atoms. The van der Waals surface area contributed by atoms with Gasteiger partial charge in [-0.3, -0.25) is 4.79 Å². The quantitative estimate of drug-likeness (QED) is 0.336. The molecule has 0 unspecified atom stereocenters. The second-order valence-corrected chi connectivity index (χ2v) is 4.11. The summed E-state index contributed by atoms with van der Waals surface area (Å²) < 4.78 is 4.68. The van der Waals surface area contributed by atoms with Crippen molar-refractivity contribution in [1.82, 2.24) is 0 Å². The maximum Gasteiger partial charge on any atom is 0.302 e. The summed E-state index contributed by atoms with van der Waals surface area (Å²) in [4.78, 5) is 10.4. The third kappa shape index (κ3) is 14.1. The molecule has 1 atom stereocenters. The summed E-state index contributed by atoms with van der Waals surface area (Å²) in [5.74, 6) is 10.1. The SMILES string of the molecule is CCCCC/C=C\[C@H](O)C#CC#C/C=C\COC(C)=O. The minimum atomic E-state index is -0.768. The van der Waals surface area contributed by atoms with Gasteiger partial charge < -0.3 is 9.84 Å². The van der Waals surface area contributed by atoms with E-state index in [0.717, 1.165) is 12.8 Å². The van der Waals surface area contributed by atoms with Crippen LogP contribution in [-0.2, 0) is 9.53 Å². The molecule has 0 aromatic rings. The summed E-state index contributed by atoms with van der Waals surface area (Å²) in [6, 6.07) is 0. The normalized spacial score (nSPS) is 11.6. The molecule has 3 nitrogen and oxygen atoms in total. The number of ether oxygens (including phenoxy) is 1. The van der Waals surface area contributed by atoms with Gasteiger partial charge in [-0.15, -0.1) is 0 Å². The number of allylic oxidation sites excluding steroid dienone is 2. The summed E-state index contributed by atoms with van der Waals surface area (Å²) in [6.45, 7) is 3.71. The van der Waals surface area contributed by atoms with E-state index in [0.29, 0.717) is 0 Å². The van der Waals surface area contributed by atoms with Gasteiger partial charge in [0.2, 0.25) is 0 Å². The summed E-state index contributed by atoms with van der Waals surface area (Å²) in [6.07, 6.45) is 10.6. The van der Waals surface area contributed by atoms with Gasteiger partial charge >= 0.3 is 5.97 Å². The first-order valence-corrected chi connectivity index (χ1v) is 6.81. The van der Waals surface area contributed by atoms with E-state index in [4.69, 9.17) is 0 Å². The molecule has 3 heteroatoms. The highest BCUT2D eigenvalue weighted by molar-refractivity contribution is 5.66. The minimum Gasteiger partial charge on any atom is -0.462 e. The highest BCUT2D eigenvalue weighted by atomic mass is 16.5. The van der Waals surface area contributed by atoms with Crippen molar-refractivity contribution in [2.45, 2.75) is 45.6 Å². The number of hydrogen-bond acceptors (Lipinski definition) is 3. The van der Waals surface area contributed by atoms with E-state index in [2.05, 4.69) is 35.3 Å². The molecule has 108 valence electrons. The predicted octanol–water partition coefficient (Wildman–Crippen LogP) is 2.61. The molecule has 0 aliphatic carbocycles. The molecule has 0 saturated carbocycles. The molecule has 0 amide bonds. The molecule has 0 aliphatic rings. The number of esters is 1. The second-order valence-electron chi connectivity index (χ2n) is 4.11. The topological polar surface area (TPSA) is 46.5 Å². The van der Waals surface area contributed by atoms with E-state index in [1.807, 2.05) is 6.08 Å². The zero-order chi connectivity index (χ0) is 15.1. The van der Waals surface area contributed by atoms with Crippen LogP contribution in [0.1, 0.15) is 39.5 Å². The van der Waals surface area contributed by atoms with E-state index in [1.165, 1.54) is 19.8 Å². The highest BCUT2D eigenvalue weighted by Gasteiger charge is 1.89. The molecule has 0 aliphatic heterocycles. The number of rotatable bonds is 7. The first-order valence-electron chi connectivity index (χ1n) is 6.81.